The molecule has 1 saturated heterocycles. The Balaban J connectivity index is 0.00000249. The molecule has 2 rings (SSSR count). The quantitative estimate of drug-likeness (QED) is 0.307. The summed E-state index contributed by atoms with van der Waals surface area (Å²) in [5, 5.41) is 21.4. The molecule has 1 amide bonds. The lowest BCUT2D eigenvalue weighted by Crippen LogP contribution is -2.38. The van der Waals surface area contributed by atoms with Gasteiger partial charge >= 0.3 is 0 Å². The number of β-amino-alcohol motifs (C(OH)–C–C–N with tert-alkyl or cyclic N) is 1. The van der Waals surface area contributed by atoms with Crippen LogP contribution in [0.5, 0.6) is 5.75 Å². The third kappa shape index (κ3) is 7.34. The van der Waals surface area contributed by atoms with E-state index < -0.39 is 5.60 Å². The van der Waals surface area contributed by atoms with E-state index in [4.69, 9.17) is 0 Å². The van der Waals surface area contributed by atoms with Crippen molar-refractivity contribution in [1.29, 1.82) is 0 Å². The van der Waals surface area contributed by atoms with Crippen LogP contribution < -0.4 is 0 Å². The Labute approximate surface area is 193 Å². The van der Waals surface area contributed by atoms with E-state index in [1.165, 1.54) is 6.07 Å². The molecule has 0 radical (unpaired) electrons. The second kappa shape index (κ2) is 13.5. The first kappa shape index (κ1) is 27.1. The number of benzene rings is 1. The summed E-state index contributed by atoms with van der Waals surface area (Å²) < 4.78 is 0. The van der Waals surface area contributed by atoms with Gasteiger partial charge < -0.3 is 15.1 Å². The lowest BCUT2D eigenvalue weighted by Gasteiger charge is -2.24. The van der Waals surface area contributed by atoms with Gasteiger partial charge in [-0.15, -0.1) is 6.58 Å². The highest BCUT2D eigenvalue weighted by molar-refractivity contribution is 5.95. The summed E-state index contributed by atoms with van der Waals surface area (Å²) in [4.78, 5) is 18.5. The molecule has 2 N–H and O–H groups in total. The molecule has 1 aliphatic rings. The van der Waals surface area contributed by atoms with Crippen LogP contribution in [0, 0.1) is 5.92 Å². The van der Waals surface area contributed by atoms with Gasteiger partial charge in [0.25, 0.3) is 5.91 Å². The molecule has 2 atom stereocenters. The van der Waals surface area contributed by atoms with Gasteiger partial charge in [-0.3, -0.25) is 9.79 Å². The van der Waals surface area contributed by atoms with Crippen LogP contribution in [0.1, 0.15) is 56.0 Å². The van der Waals surface area contributed by atoms with Gasteiger partial charge in [-0.2, -0.15) is 0 Å². The van der Waals surface area contributed by atoms with Crippen LogP contribution in [-0.4, -0.2) is 53.0 Å². The van der Waals surface area contributed by atoms with Crippen LogP contribution in [-0.2, 0) is 0 Å². The molecule has 0 aliphatic carbocycles. The second-order valence-electron chi connectivity index (χ2n) is 7.73. The average Bonchev–Trinajstić information content (AvgIpc) is 3.20. The minimum absolute atomic E-state index is 0.0628. The lowest BCUT2D eigenvalue weighted by molar-refractivity contribution is 0.0671. The molecule has 0 aromatic heterocycles. The maximum Gasteiger partial charge on any atom is 0.254 e. The molecule has 2 unspecified atom stereocenters. The number of aliphatic hydroxyl groups is 1. The van der Waals surface area contributed by atoms with E-state index in [2.05, 4.69) is 25.1 Å². The van der Waals surface area contributed by atoms with E-state index in [0.29, 0.717) is 35.6 Å². The number of likely N-dealkylation sites (tertiary alicyclic amines) is 1. The topological polar surface area (TPSA) is 73.1 Å². The number of phenols is 1. The zero-order valence-corrected chi connectivity index (χ0v) is 19.9. The predicted octanol–water partition coefficient (Wildman–Crippen LogP) is 5.42. The van der Waals surface area contributed by atoms with Crippen molar-refractivity contribution in [3.8, 4) is 5.75 Å². The summed E-state index contributed by atoms with van der Waals surface area (Å²) in [6, 6.07) is 4.94. The summed E-state index contributed by atoms with van der Waals surface area (Å²) in [6.07, 6.45) is 13.1. The Morgan fingerprint density at radius 2 is 2.06 bits per heavy atom. The van der Waals surface area contributed by atoms with Crippen molar-refractivity contribution in [2.24, 2.45) is 10.9 Å². The van der Waals surface area contributed by atoms with E-state index in [1.807, 2.05) is 32.1 Å². The van der Waals surface area contributed by atoms with E-state index in [1.54, 1.807) is 42.4 Å². The zero-order valence-electron chi connectivity index (χ0n) is 19.9. The summed E-state index contributed by atoms with van der Waals surface area (Å²) in [5.41, 5.74) is 0.539. The number of carbonyl (C=O) groups is 1. The Bertz CT molecular complexity index is 870. The molecule has 0 saturated carbocycles. The molecule has 5 heteroatoms. The highest BCUT2D eigenvalue weighted by Crippen LogP contribution is 2.30. The Morgan fingerprint density at radius 3 is 2.66 bits per heavy atom. The van der Waals surface area contributed by atoms with Gasteiger partial charge in [0.05, 0.1) is 6.54 Å². The van der Waals surface area contributed by atoms with Gasteiger partial charge in [0, 0.05) is 36.5 Å². The molecular weight excluding hydrogens is 400 g/mol. The number of amides is 1. The number of carbonyl (C=O) groups excluding carboxylic acids is 1. The number of rotatable bonds is 9. The van der Waals surface area contributed by atoms with Gasteiger partial charge in [-0.25, -0.2) is 0 Å². The molecular formula is C27H38N2O3. The highest BCUT2D eigenvalue weighted by Gasteiger charge is 2.40. The van der Waals surface area contributed by atoms with Crippen LogP contribution in [0.25, 0.3) is 6.08 Å². The Hall–Kier alpha value is -2.92. The van der Waals surface area contributed by atoms with Crippen molar-refractivity contribution in [2.45, 2.75) is 45.6 Å². The lowest BCUT2D eigenvalue weighted by atomic mass is 9.93. The van der Waals surface area contributed by atoms with Crippen molar-refractivity contribution < 1.29 is 15.0 Å². The number of nitrogens with zero attached hydrogens (tertiary/aromatic N) is 2. The molecule has 174 valence electrons. The van der Waals surface area contributed by atoms with E-state index in [-0.39, 0.29) is 18.2 Å². The molecule has 0 bridgehead atoms. The first-order chi connectivity index (χ1) is 15.3. The molecule has 32 heavy (non-hydrogen) atoms. The zero-order chi connectivity index (χ0) is 24.1. The van der Waals surface area contributed by atoms with Gasteiger partial charge in [-0.05, 0) is 37.3 Å². The molecule has 1 aromatic carbocycles. The number of phenolic OH excluding ortho intramolecular Hbond substituents is 1. The monoisotopic (exact) mass is 438 g/mol. The van der Waals surface area contributed by atoms with Crippen LogP contribution in [0.15, 0.2) is 66.2 Å². The minimum Gasteiger partial charge on any atom is -0.507 e. The van der Waals surface area contributed by atoms with Crippen molar-refractivity contribution in [2.75, 3.05) is 20.1 Å². The normalized spacial score (nSPS) is 19.7. The van der Waals surface area contributed by atoms with Crippen molar-refractivity contribution in [3.05, 3.63) is 72.4 Å². The average molecular weight is 439 g/mol. The first-order valence-corrected chi connectivity index (χ1v) is 11.2. The van der Waals surface area contributed by atoms with Gasteiger partial charge in [0.2, 0.25) is 0 Å². The fraction of sp³-hybridized carbons (Fsp3) is 0.407. The molecule has 1 aliphatic heterocycles. The van der Waals surface area contributed by atoms with Crippen LogP contribution >= 0.6 is 0 Å². The fourth-order valence-electron chi connectivity index (χ4n) is 3.53. The summed E-state index contributed by atoms with van der Waals surface area (Å²) in [5.74, 6) is 0.214. The Morgan fingerprint density at radius 1 is 1.34 bits per heavy atom. The summed E-state index contributed by atoms with van der Waals surface area (Å²) >= 11 is 0. The summed E-state index contributed by atoms with van der Waals surface area (Å²) in [6.45, 7) is 14.1. The maximum atomic E-state index is 12.9. The second-order valence-corrected chi connectivity index (χ2v) is 7.73. The van der Waals surface area contributed by atoms with Crippen LogP contribution in [0.3, 0.4) is 0 Å². The predicted molar refractivity (Wildman–Crippen MR) is 135 cm³/mol. The van der Waals surface area contributed by atoms with Crippen molar-refractivity contribution in [1.82, 2.24) is 4.90 Å². The molecule has 5 nitrogen and oxygen atoms in total. The fourth-order valence-corrected chi connectivity index (χ4v) is 3.53. The molecule has 1 fully saturated rings. The number of aliphatic imine (C=N–C) groups is 1. The minimum atomic E-state index is -1.16. The van der Waals surface area contributed by atoms with E-state index in [9.17, 15) is 15.0 Å². The maximum absolute atomic E-state index is 12.9. The number of allylic oxidation sites excluding steroid dienone is 4. The third-order valence-corrected chi connectivity index (χ3v) is 5.35. The van der Waals surface area contributed by atoms with Gasteiger partial charge in [0.15, 0.2) is 0 Å². The summed E-state index contributed by atoms with van der Waals surface area (Å²) in [7, 11) is 1.64. The molecule has 0 spiro atoms. The SMILES string of the molecule is C=C/C=C(\C=NC)C1(O)CCN(C(=O)c2ccc(/C=C/C(C)CCC=C)c(O)c2)C1.CC. The molecule has 1 aromatic rings. The van der Waals surface area contributed by atoms with Crippen LogP contribution in [0.4, 0.5) is 0 Å². The van der Waals surface area contributed by atoms with Crippen molar-refractivity contribution >= 4 is 18.2 Å². The smallest absolute Gasteiger partial charge is 0.254 e. The highest BCUT2D eigenvalue weighted by atomic mass is 16.3. The molecule has 1 heterocycles. The standard InChI is InChI=1S/C25H32N2O3.C2H6/c1-5-7-9-19(3)10-11-20-12-13-21(16-23(20)28)24(29)27-15-14-25(30,18-27)22(8-6-2)17-26-4;1-2/h5-6,8,10-13,16-17,19,28,30H,1-2,7,9,14-15,18H2,3-4H3;1-2H3/b11-10+,22-8+,26-17?;. The van der Waals surface area contributed by atoms with Gasteiger partial charge in [-0.1, -0.05) is 63.8 Å². The Kier molecular flexibility index (Phi) is 11.4. The number of hydrogen-bond donors (Lipinski definition) is 2. The van der Waals surface area contributed by atoms with Gasteiger partial charge in [0.1, 0.15) is 11.4 Å². The van der Waals surface area contributed by atoms with Crippen molar-refractivity contribution in [3.63, 3.8) is 0 Å². The first-order valence-electron chi connectivity index (χ1n) is 11.2. The van der Waals surface area contributed by atoms with Crippen LogP contribution in [0.2, 0.25) is 0 Å². The number of hydrogen-bond acceptors (Lipinski definition) is 4. The van der Waals surface area contributed by atoms with E-state index in [0.717, 1.165) is 12.8 Å². The van der Waals surface area contributed by atoms with E-state index >= 15 is 0 Å². The largest absolute Gasteiger partial charge is 0.507 e. The number of aromatic hydroxyl groups is 1. The third-order valence-electron chi connectivity index (χ3n) is 5.35.